The Labute approximate surface area is 143 Å². The van der Waals surface area contributed by atoms with Gasteiger partial charge in [0.2, 0.25) is 0 Å². The van der Waals surface area contributed by atoms with Crippen molar-refractivity contribution in [2.75, 3.05) is 11.9 Å². The fourth-order valence-electron chi connectivity index (χ4n) is 1.82. The van der Waals surface area contributed by atoms with Gasteiger partial charge in [0, 0.05) is 21.7 Å². The molecule has 2 aromatic rings. The molecule has 0 atom stereocenters. The lowest BCUT2D eigenvalue weighted by molar-refractivity contribution is 0.317. The van der Waals surface area contributed by atoms with E-state index in [9.17, 15) is 0 Å². The summed E-state index contributed by atoms with van der Waals surface area (Å²) in [5.74, 6) is 0.716. The van der Waals surface area contributed by atoms with Crippen molar-refractivity contribution in [2.24, 2.45) is 0 Å². The maximum absolute atomic E-state index is 6.21. The molecule has 0 aliphatic rings. The number of nitrogens with one attached hydrogen (secondary N) is 1. The van der Waals surface area contributed by atoms with Gasteiger partial charge in [-0.3, -0.25) is 0 Å². The standard InChI is InChI=1S/C16H16BrCl2NO/c1-2-7-21-16-6-4-13(9-15(16)19)20-10-11-8-12(18)3-5-14(11)17/h3-6,8-9,20H,2,7,10H2,1H3. The van der Waals surface area contributed by atoms with Gasteiger partial charge in [-0.15, -0.1) is 0 Å². The summed E-state index contributed by atoms with van der Waals surface area (Å²) in [5, 5.41) is 4.65. The minimum absolute atomic E-state index is 0.610. The summed E-state index contributed by atoms with van der Waals surface area (Å²) in [7, 11) is 0. The van der Waals surface area contributed by atoms with Crippen molar-refractivity contribution < 1.29 is 4.74 Å². The molecule has 0 spiro atoms. The molecular weight excluding hydrogens is 373 g/mol. The lowest BCUT2D eigenvalue weighted by atomic mass is 10.2. The van der Waals surface area contributed by atoms with E-state index in [4.69, 9.17) is 27.9 Å². The number of benzene rings is 2. The van der Waals surface area contributed by atoms with E-state index >= 15 is 0 Å². The maximum atomic E-state index is 6.21. The van der Waals surface area contributed by atoms with Gasteiger partial charge in [-0.1, -0.05) is 46.1 Å². The lowest BCUT2D eigenvalue weighted by Gasteiger charge is -2.11. The molecule has 0 fully saturated rings. The second-order valence-corrected chi connectivity index (χ2v) is 6.28. The Balaban J connectivity index is 2.03. The summed E-state index contributed by atoms with van der Waals surface area (Å²) in [6.07, 6.45) is 0.957. The van der Waals surface area contributed by atoms with Crippen molar-refractivity contribution in [1.82, 2.24) is 0 Å². The number of anilines is 1. The molecule has 112 valence electrons. The van der Waals surface area contributed by atoms with Crippen LogP contribution < -0.4 is 10.1 Å². The molecule has 0 heterocycles. The van der Waals surface area contributed by atoms with Crippen molar-refractivity contribution in [3.8, 4) is 5.75 Å². The molecule has 1 N–H and O–H groups in total. The quantitative estimate of drug-likeness (QED) is 0.639. The van der Waals surface area contributed by atoms with Gasteiger partial charge in [-0.05, 0) is 48.4 Å². The smallest absolute Gasteiger partial charge is 0.138 e. The number of rotatable bonds is 6. The van der Waals surface area contributed by atoms with Crippen LogP contribution in [-0.2, 0) is 6.54 Å². The van der Waals surface area contributed by atoms with E-state index in [1.165, 1.54) is 0 Å². The van der Waals surface area contributed by atoms with E-state index in [0.717, 1.165) is 27.2 Å². The van der Waals surface area contributed by atoms with Crippen LogP contribution in [0, 0.1) is 0 Å². The molecule has 0 radical (unpaired) electrons. The Morgan fingerprint density at radius 3 is 2.67 bits per heavy atom. The molecule has 0 saturated heterocycles. The predicted molar refractivity (Wildman–Crippen MR) is 93.7 cm³/mol. The highest BCUT2D eigenvalue weighted by atomic mass is 79.9. The van der Waals surface area contributed by atoms with Crippen LogP contribution in [0.3, 0.4) is 0 Å². The van der Waals surface area contributed by atoms with E-state index in [1.807, 2.05) is 36.4 Å². The zero-order valence-electron chi connectivity index (χ0n) is 11.6. The summed E-state index contributed by atoms with van der Waals surface area (Å²) in [5.41, 5.74) is 2.03. The van der Waals surface area contributed by atoms with Crippen molar-refractivity contribution in [2.45, 2.75) is 19.9 Å². The van der Waals surface area contributed by atoms with Crippen LogP contribution in [0.1, 0.15) is 18.9 Å². The van der Waals surface area contributed by atoms with Crippen LogP contribution >= 0.6 is 39.1 Å². The Bertz CT molecular complexity index is 619. The number of hydrogen-bond acceptors (Lipinski definition) is 2. The first-order valence-corrected chi connectivity index (χ1v) is 8.25. The SMILES string of the molecule is CCCOc1ccc(NCc2cc(Cl)ccc2Br)cc1Cl. The minimum atomic E-state index is 0.610. The molecule has 5 heteroatoms. The van der Waals surface area contributed by atoms with E-state index in [0.29, 0.717) is 23.9 Å². The molecule has 0 aliphatic carbocycles. The fourth-order valence-corrected chi connectivity index (χ4v) is 2.63. The average molecular weight is 389 g/mol. The highest BCUT2D eigenvalue weighted by Gasteiger charge is 2.05. The molecule has 0 bridgehead atoms. The van der Waals surface area contributed by atoms with Gasteiger partial charge in [-0.25, -0.2) is 0 Å². The first-order chi connectivity index (χ1) is 10.1. The van der Waals surface area contributed by atoms with Gasteiger partial charge < -0.3 is 10.1 Å². The molecule has 0 unspecified atom stereocenters. The molecule has 2 rings (SSSR count). The first kappa shape index (κ1) is 16.5. The van der Waals surface area contributed by atoms with E-state index in [1.54, 1.807) is 0 Å². The van der Waals surface area contributed by atoms with Crippen molar-refractivity contribution in [3.05, 3.63) is 56.5 Å². The average Bonchev–Trinajstić information content (AvgIpc) is 2.47. The maximum Gasteiger partial charge on any atom is 0.138 e. The summed E-state index contributed by atoms with van der Waals surface area (Å²) in [4.78, 5) is 0. The van der Waals surface area contributed by atoms with E-state index in [-0.39, 0.29) is 0 Å². The Morgan fingerprint density at radius 2 is 1.95 bits per heavy atom. The molecule has 2 nitrogen and oxygen atoms in total. The van der Waals surface area contributed by atoms with Gasteiger partial charge in [0.15, 0.2) is 0 Å². The highest BCUT2D eigenvalue weighted by molar-refractivity contribution is 9.10. The molecule has 21 heavy (non-hydrogen) atoms. The van der Waals surface area contributed by atoms with Gasteiger partial charge >= 0.3 is 0 Å². The zero-order chi connectivity index (χ0) is 15.2. The molecule has 0 aliphatic heterocycles. The van der Waals surface area contributed by atoms with Gasteiger partial charge in [0.25, 0.3) is 0 Å². The topological polar surface area (TPSA) is 21.3 Å². The van der Waals surface area contributed by atoms with E-state index < -0.39 is 0 Å². The first-order valence-electron chi connectivity index (χ1n) is 6.70. The summed E-state index contributed by atoms with van der Waals surface area (Å²) in [6, 6.07) is 11.4. The highest BCUT2D eigenvalue weighted by Crippen LogP contribution is 2.28. The van der Waals surface area contributed by atoms with Gasteiger partial charge in [-0.2, -0.15) is 0 Å². The molecule has 0 amide bonds. The van der Waals surface area contributed by atoms with Crippen LogP contribution in [-0.4, -0.2) is 6.61 Å². The van der Waals surface area contributed by atoms with Crippen LogP contribution in [0.4, 0.5) is 5.69 Å². The summed E-state index contributed by atoms with van der Waals surface area (Å²) in [6.45, 7) is 3.39. The predicted octanol–water partition coefficient (Wildman–Crippen LogP) is 6.16. The lowest BCUT2D eigenvalue weighted by Crippen LogP contribution is -2.01. The fraction of sp³-hybridized carbons (Fsp3) is 0.250. The molecule has 0 aromatic heterocycles. The van der Waals surface area contributed by atoms with Crippen molar-refractivity contribution in [1.29, 1.82) is 0 Å². The van der Waals surface area contributed by atoms with Gasteiger partial charge in [0.1, 0.15) is 5.75 Å². The van der Waals surface area contributed by atoms with E-state index in [2.05, 4.69) is 28.2 Å². The second kappa shape index (κ2) is 7.92. The second-order valence-electron chi connectivity index (χ2n) is 4.58. The van der Waals surface area contributed by atoms with Crippen molar-refractivity contribution >= 4 is 44.8 Å². The third-order valence-electron chi connectivity index (χ3n) is 2.88. The third-order valence-corrected chi connectivity index (χ3v) is 4.19. The Kier molecular flexibility index (Phi) is 6.22. The van der Waals surface area contributed by atoms with Crippen molar-refractivity contribution in [3.63, 3.8) is 0 Å². The third kappa shape index (κ3) is 4.80. The minimum Gasteiger partial charge on any atom is -0.492 e. The van der Waals surface area contributed by atoms with Crippen LogP contribution in [0.2, 0.25) is 10.0 Å². The zero-order valence-corrected chi connectivity index (χ0v) is 14.7. The Hall–Kier alpha value is -0.900. The summed E-state index contributed by atoms with van der Waals surface area (Å²) >= 11 is 15.7. The molecule has 0 saturated carbocycles. The van der Waals surface area contributed by atoms with Crippen LogP contribution in [0.15, 0.2) is 40.9 Å². The van der Waals surface area contributed by atoms with Crippen LogP contribution in [0.25, 0.3) is 0 Å². The number of halogens is 3. The van der Waals surface area contributed by atoms with Gasteiger partial charge in [0.05, 0.1) is 11.6 Å². The van der Waals surface area contributed by atoms with Crippen LogP contribution in [0.5, 0.6) is 5.75 Å². The normalized spacial score (nSPS) is 10.5. The monoisotopic (exact) mass is 387 g/mol. The Morgan fingerprint density at radius 1 is 1.14 bits per heavy atom. The summed E-state index contributed by atoms with van der Waals surface area (Å²) < 4.78 is 6.58. The molecular formula is C16H16BrCl2NO. The largest absolute Gasteiger partial charge is 0.492 e. The molecule has 2 aromatic carbocycles. The number of hydrogen-bond donors (Lipinski definition) is 1. The number of ether oxygens (including phenoxy) is 1.